The molecule has 4 rings (SSSR count). The van der Waals surface area contributed by atoms with Crippen LogP contribution < -0.4 is 0 Å². The van der Waals surface area contributed by atoms with Gasteiger partial charge in [0.15, 0.2) is 0 Å². The fraction of sp³-hybridized carbons (Fsp3) is 0.789. The zero-order chi connectivity index (χ0) is 19.8. The van der Waals surface area contributed by atoms with E-state index in [2.05, 4.69) is 0 Å². The van der Waals surface area contributed by atoms with Crippen LogP contribution in [-0.2, 0) is 28.5 Å². The SMILES string of the molecule is CC(=O)OC[C@]12C[C@H](O)C(C)=C[C@H]1O[C@@H]1[C@H](O)[C@@H](OC(C)=O)[C@@]2(C)[C@]12CO2. The molecular weight excluding hydrogens is 356 g/mol. The molecule has 0 aromatic rings. The molecule has 8 heteroatoms. The van der Waals surface area contributed by atoms with E-state index < -0.39 is 58.9 Å². The van der Waals surface area contributed by atoms with Crippen LogP contribution in [0.25, 0.3) is 0 Å². The van der Waals surface area contributed by atoms with Crippen molar-refractivity contribution in [2.24, 2.45) is 10.8 Å². The van der Waals surface area contributed by atoms with E-state index in [1.54, 1.807) is 0 Å². The topological polar surface area (TPSA) is 115 Å². The number of ether oxygens (including phenoxy) is 4. The number of hydrogen-bond acceptors (Lipinski definition) is 8. The molecule has 27 heavy (non-hydrogen) atoms. The third kappa shape index (κ3) is 2.24. The quantitative estimate of drug-likeness (QED) is 0.401. The van der Waals surface area contributed by atoms with E-state index in [-0.39, 0.29) is 13.0 Å². The summed E-state index contributed by atoms with van der Waals surface area (Å²) >= 11 is 0. The maximum absolute atomic E-state index is 11.8. The number of carbonyl (C=O) groups excluding carboxylic acids is 2. The van der Waals surface area contributed by atoms with Gasteiger partial charge in [0.1, 0.15) is 30.5 Å². The van der Waals surface area contributed by atoms with Crippen molar-refractivity contribution in [3.8, 4) is 0 Å². The van der Waals surface area contributed by atoms with Gasteiger partial charge in [-0.05, 0) is 18.9 Å². The molecular formula is C19H26O8. The van der Waals surface area contributed by atoms with E-state index in [1.807, 2.05) is 19.9 Å². The van der Waals surface area contributed by atoms with Crippen LogP contribution in [0.15, 0.2) is 11.6 Å². The van der Waals surface area contributed by atoms with Crippen LogP contribution in [0.1, 0.15) is 34.1 Å². The van der Waals surface area contributed by atoms with Crippen molar-refractivity contribution >= 4 is 11.9 Å². The highest BCUT2D eigenvalue weighted by Crippen LogP contribution is 2.72. The number of aliphatic hydroxyl groups excluding tert-OH is 2. The number of carbonyl (C=O) groups is 2. The zero-order valence-corrected chi connectivity index (χ0v) is 15.9. The highest BCUT2D eigenvalue weighted by molar-refractivity contribution is 5.67. The predicted octanol–water partition coefficient (Wildman–Crippen LogP) is 0.0957. The van der Waals surface area contributed by atoms with Gasteiger partial charge in [0, 0.05) is 19.3 Å². The van der Waals surface area contributed by atoms with Gasteiger partial charge in [0.05, 0.1) is 24.2 Å². The van der Waals surface area contributed by atoms with Gasteiger partial charge >= 0.3 is 11.9 Å². The smallest absolute Gasteiger partial charge is 0.303 e. The highest BCUT2D eigenvalue weighted by atomic mass is 16.7. The molecule has 2 N–H and O–H groups in total. The Morgan fingerprint density at radius 3 is 2.52 bits per heavy atom. The van der Waals surface area contributed by atoms with E-state index in [1.165, 1.54) is 13.8 Å². The van der Waals surface area contributed by atoms with Gasteiger partial charge in [-0.3, -0.25) is 9.59 Å². The normalized spacial score (nSPS) is 50.0. The molecule has 0 radical (unpaired) electrons. The molecule has 2 bridgehead atoms. The second-order valence-corrected chi connectivity index (χ2v) is 8.45. The second-order valence-electron chi connectivity index (χ2n) is 8.45. The van der Waals surface area contributed by atoms with Gasteiger partial charge in [-0.1, -0.05) is 13.0 Å². The van der Waals surface area contributed by atoms with E-state index >= 15 is 0 Å². The number of esters is 2. The van der Waals surface area contributed by atoms with Gasteiger partial charge < -0.3 is 29.2 Å². The van der Waals surface area contributed by atoms with Gasteiger partial charge in [0.2, 0.25) is 0 Å². The minimum absolute atomic E-state index is 0.0351. The summed E-state index contributed by atoms with van der Waals surface area (Å²) in [7, 11) is 0. The molecule has 8 nitrogen and oxygen atoms in total. The molecule has 3 fully saturated rings. The Hall–Kier alpha value is -1.48. The number of fused-ring (bicyclic) bond motifs is 2. The maximum Gasteiger partial charge on any atom is 0.303 e. The molecule has 1 spiro atoms. The van der Waals surface area contributed by atoms with Crippen molar-refractivity contribution in [2.75, 3.05) is 13.2 Å². The molecule has 150 valence electrons. The number of rotatable bonds is 3. The Morgan fingerprint density at radius 1 is 1.30 bits per heavy atom. The lowest BCUT2D eigenvalue weighted by atomic mass is 9.51. The summed E-state index contributed by atoms with van der Waals surface area (Å²) in [4.78, 5) is 23.4. The zero-order valence-electron chi connectivity index (χ0n) is 15.9. The highest BCUT2D eigenvalue weighted by Gasteiger charge is 2.86. The third-order valence-electron chi connectivity index (χ3n) is 7.18. The Balaban J connectivity index is 1.88. The predicted molar refractivity (Wildman–Crippen MR) is 90.5 cm³/mol. The Morgan fingerprint density at radius 2 is 1.96 bits per heavy atom. The summed E-state index contributed by atoms with van der Waals surface area (Å²) < 4.78 is 23.1. The molecule has 0 amide bonds. The molecule has 2 saturated heterocycles. The van der Waals surface area contributed by atoms with Gasteiger partial charge in [-0.15, -0.1) is 0 Å². The first-order chi connectivity index (χ1) is 12.6. The summed E-state index contributed by atoms with van der Waals surface area (Å²) in [6.07, 6.45) is -1.86. The first-order valence-corrected chi connectivity index (χ1v) is 9.23. The third-order valence-corrected chi connectivity index (χ3v) is 7.18. The fourth-order valence-corrected chi connectivity index (χ4v) is 5.60. The molecule has 2 heterocycles. The summed E-state index contributed by atoms with van der Waals surface area (Å²) in [5.41, 5.74) is -1.91. The summed E-state index contributed by atoms with van der Waals surface area (Å²) in [6, 6.07) is 0. The van der Waals surface area contributed by atoms with E-state index in [9.17, 15) is 19.8 Å². The summed E-state index contributed by atoms with van der Waals surface area (Å²) in [5.74, 6) is -0.978. The Labute approximate surface area is 157 Å². The molecule has 0 aromatic heterocycles. The minimum atomic E-state index is -1.08. The largest absolute Gasteiger partial charge is 0.465 e. The molecule has 2 aliphatic carbocycles. The number of hydrogen-bond donors (Lipinski definition) is 2. The average molecular weight is 382 g/mol. The molecule has 4 aliphatic rings. The lowest BCUT2D eigenvalue weighted by molar-refractivity contribution is -0.239. The molecule has 0 unspecified atom stereocenters. The van der Waals surface area contributed by atoms with Crippen molar-refractivity contribution in [2.45, 2.75) is 70.2 Å². The standard InChI is InChI=1S/C19H26O8/c1-9-5-13-18(6-12(9)22,7-24-10(2)20)17(4)15(26-11(3)21)14(23)16(27-13)19(17)8-25-19/h5,12-16,22-23H,6-8H2,1-4H3/t12-,13+,14+,15+,16+,17+,18+,19-/m0/s1. The Bertz CT molecular complexity index is 712. The van der Waals surface area contributed by atoms with Crippen molar-refractivity contribution in [1.82, 2.24) is 0 Å². The molecule has 0 aromatic carbocycles. The van der Waals surface area contributed by atoms with Crippen molar-refractivity contribution in [3.63, 3.8) is 0 Å². The number of aliphatic hydroxyl groups is 2. The fourth-order valence-electron chi connectivity index (χ4n) is 5.60. The van der Waals surface area contributed by atoms with Crippen LogP contribution >= 0.6 is 0 Å². The van der Waals surface area contributed by atoms with Crippen LogP contribution in [-0.4, -0.2) is 71.5 Å². The monoisotopic (exact) mass is 382 g/mol. The Kier molecular flexibility index (Phi) is 4.03. The van der Waals surface area contributed by atoms with Crippen molar-refractivity contribution in [3.05, 3.63) is 11.6 Å². The average Bonchev–Trinajstić information content (AvgIpc) is 3.36. The second kappa shape index (κ2) is 5.76. The van der Waals surface area contributed by atoms with E-state index in [0.717, 1.165) is 5.57 Å². The van der Waals surface area contributed by atoms with Gasteiger partial charge in [-0.2, -0.15) is 0 Å². The first-order valence-electron chi connectivity index (χ1n) is 9.23. The van der Waals surface area contributed by atoms with E-state index in [4.69, 9.17) is 18.9 Å². The summed E-state index contributed by atoms with van der Waals surface area (Å²) in [5, 5.41) is 21.6. The van der Waals surface area contributed by atoms with Crippen LogP contribution in [0.5, 0.6) is 0 Å². The van der Waals surface area contributed by atoms with Gasteiger partial charge in [0.25, 0.3) is 0 Å². The minimum Gasteiger partial charge on any atom is -0.465 e. The molecule has 1 saturated carbocycles. The van der Waals surface area contributed by atoms with Crippen LogP contribution in [0.3, 0.4) is 0 Å². The van der Waals surface area contributed by atoms with E-state index in [0.29, 0.717) is 6.61 Å². The van der Waals surface area contributed by atoms with Crippen molar-refractivity contribution < 1.29 is 38.7 Å². The van der Waals surface area contributed by atoms with Crippen LogP contribution in [0, 0.1) is 10.8 Å². The van der Waals surface area contributed by atoms with Crippen molar-refractivity contribution in [1.29, 1.82) is 0 Å². The van der Waals surface area contributed by atoms with Crippen LogP contribution in [0.2, 0.25) is 0 Å². The van der Waals surface area contributed by atoms with Crippen LogP contribution in [0.4, 0.5) is 0 Å². The lowest BCUT2D eigenvalue weighted by Gasteiger charge is -2.58. The lowest BCUT2D eigenvalue weighted by Crippen LogP contribution is -2.67. The maximum atomic E-state index is 11.8. The number of epoxide rings is 1. The molecule has 8 atom stereocenters. The summed E-state index contributed by atoms with van der Waals surface area (Å²) in [6.45, 7) is 6.61. The first kappa shape index (κ1) is 18.9. The molecule has 2 aliphatic heterocycles. The van der Waals surface area contributed by atoms with Gasteiger partial charge in [-0.25, -0.2) is 0 Å².